The van der Waals surface area contributed by atoms with Gasteiger partial charge in [-0.1, -0.05) is 12.0 Å². The molecule has 52 heavy (non-hydrogen) atoms. The van der Waals surface area contributed by atoms with E-state index in [1.807, 2.05) is 6.20 Å². The van der Waals surface area contributed by atoms with E-state index in [0.717, 1.165) is 32.2 Å². The average Bonchev–Trinajstić information content (AvgIpc) is 3.81. The summed E-state index contributed by atoms with van der Waals surface area (Å²) in [6.45, 7) is 5.01. The number of terminal acetylenes is 1. The molecule has 1 aromatic heterocycles. The number of rotatable bonds is 5. The molecule has 6 aliphatic rings. The molecular weight excluding hydrogens is 671 g/mol. The highest BCUT2D eigenvalue weighted by Crippen LogP contribution is 2.49. The van der Waals surface area contributed by atoms with Crippen LogP contribution in [0.3, 0.4) is 0 Å². The molecule has 272 valence electrons. The molecule has 2 aromatic carbocycles. The first kappa shape index (κ1) is 33.5. The number of fused-ring (bicyclic) bond motifs is 7. The Balaban J connectivity index is 1.18. The van der Waals surface area contributed by atoms with Crippen LogP contribution < -0.4 is 0 Å². The van der Waals surface area contributed by atoms with Crippen LogP contribution in [0.15, 0.2) is 46.3 Å². The van der Waals surface area contributed by atoms with E-state index < -0.39 is 41.4 Å². The number of hydrogen-bond donors (Lipinski definition) is 2. The van der Waals surface area contributed by atoms with Crippen molar-refractivity contribution in [2.75, 3.05) is 39.3 Å². The van der Waals surface area contributed by atoms with E-state index in [1.54, 1.807) is 18.7 Å². The molecule has 3 aromatic rings. The lowest BCUT2D eigenvalue weighted by Gasteiger charge is -2.45. The summed E-state index contributed by atoms with van der Waals surface area (Å²) < 4.78 is 55.6. The van der Waals surface area contributed by atoms with Crippen molar-refractivity contribution in [3.63, 3.8) is 0 Å². The third-order valence-electron chi connectivity index (χ3n) is 12.1. The van der Waals surface area contributed by atoms with Crippen LogP contribution in [0.2, 0.25) is 0 Å². The van der Waals surface area contributed by atoms with Crippen LogP contribution in [-0.4, -0.2) is 122 Å². The van der Waals surface area contributed by atoms with E-state index in [-0.39, 0.29) is 47.2 Å². The van der Waals surface area contributed by atoms with Gasteiger partial charge in [-0.05, 0) is 68.3 Å². The highest BCUT2D eigenvalue weighted by Gasteiger charge is 2.51. The van der Waals surface area contributed by atoms with E-state index in [1.165, 1.54) is 24.3 Å². The number of aliphatic hydroxyl groups excluding tert-OH is 1. The molecule has 2 bridgehead atoms. The summed E-state index contributed by atoms with van der Waals surface area (Å²) in [4.78, 5) is 16.7. The van der Waals surface area contributed by atoms with Crippen molar-refractivity contribution in [1.29, 1.82) is 0 Å². The topological polar surface area (TPSA) is 102 Å². The van der Waals surface area contributed by atoms with Crippen molar-refractivity contribution < 1.29 is 28.1 Å². The van der Waals surface area contributed by atoms with Crippen LogP contribution in [0.5, 0.6) is 5.75 Å². The molecule has 4 fully saturated rings. The fourth-order valence-electron chi connectivity index (χ4n) is 10.0. The number of aromatic nitrogens is 2. The minimum atomic E-state index is -1.11. The standard InChI is InChI=1S/C39H42F3N7O3/c1-4-27-30(41)9-6-22-12-26(51)13-28(31(22)27)32-34(42)36-33(29-19-46(3)45-35(29)32)37(47-17-24-7-8-25(18-47)49(24)15-21(2)50)44-38(43-36)52-20-39-10-5-11-48(39)16-23(40)14-39/h1,6,9,12-13,19,21,23-25,33,36,50-51H,5,7-8,10-11,14-18,20H2,2-3H3/t21-,23-,24?,25?,33?,36?,39+/m1/s1. The number of phenols is 1. The highest BCUT2D eigenvalue weighted by atomic mass is 19.1. The number of aliphatic hydroxyl groups is 1. The molecule has 0 amide bonds. The molecule has 5 aliphatic heterocycles. The Bertz CT molecular complexity index is 2090. The van der Waals surface area contributed by atoms with Gasteiger partial charge < -0.3 is 19.8 Å². The van der Waals surface area contributed by atoms with Gasteiger partial charge in [0.15, 0.2) is 0 Å². The Morgan fingerprint density at radius 3 is 2.69 bits per heavy atom. The first-order valence-corrected chi connectivity index (χ1v) is 18.3. The van der Waals surface area contributed by atoms with E-state index in [2.05, 4.69) is 20.6 Å². The summed E-state index contributed by atoms with van der Waals surface area (Å²) in [6.07, 6.45) is 10.3. The lowest BCUT2D eigenvalue weighted by molar-refractivity contribution is 0.0524. The molecule has 6 heterocycles. The lowest BCUT2D eigenvalue weighted by Crippen LogP contribution is -2.58. The number of ether oxygens (including phenoxy) is 1. The van der Waals surface area contributed by atoms with Crippen LogP contribution in [0.25, 0.3) is 16.3 Å². The first-order valence-electron chi connectivity index (χ1n) is 18.3. The molecule has 13 heteroatoms. The van der Waals surface area contributed by atoms with Gasteiger partial charge >= 0.3 is 6.02 Å². The molecule has 2 N–H and O–H groups in total. The van der Waals surface area contributed by atoms with Crippen LogP contribution in [0.4, 0.5) is 13.2 Å². The van der Waals surface area contributed by atoms with E-state index >= 15 is 8.78 Å². The molecule has 0 saturated carbocycles. The van der Waals surface area contributed by atoms with Crippen LogP contribution >= 0.6 is 0 Å². The maximum Gasteiger partial charge on any atom is 0.314 e. The van der Waals surface area contributed by atoms with Gasteiger partial charge in [0.25, 0.3) is 0 Å². The summed E-state index contributed by atoms with van der Waals surface area (Å²) in [7, 11) is 1.76. The predicted molar refractivity (Wildman–Crippen MR) is 191 cm³/mol. The summed E-state index contributed by atoms with van der Waals surface area (Å²) >= 11 is 0. The third-order valence-corrected chi connectivity index (χ3v) is 12.1. The number of halogens is 3. The number of aliphatic imine (C=N–C) groups is 2. The smallest absolute Gasteiger partial charge is 0.314 e. The van der Waals surface area contributed by atoms with Crippen LogP contribution in [0, 0.1) is 18.2 Å². The average molecular weight is 714 g/mol. The van der Waals surface area contributed by atoms with Crippen molar-refractivity contribution in [2.45, 2.75) is 80.9 Å². The number of phenolic OH excluding ortho intramolecular Hbond substituents is 1. The molecule has 0 spiro atoms. The molecule has 4 unspecified atom stereocenters. The number of aryl methyl sites for hydroxylation is 1. The van der Waals surface area contributed by atoms with Crippen LogP contribution in [0.1, 0.15) is 67.3 Å². The Kier molecular flexibility index (Phi) is 7.95. The van der Waals surface area contributed by atoms with Gasteiger partial charge in [-0.25, -0.2) is 18.2 Å². The number of aromatic hydroxyl groups is 1. The SMILES string of the molecule is C#Cc1c(F)ccc2cc(O)cc(C3=C(F)C4N=C(OC[C@@]56CCCN5C[C@H](F)C6)N=C(N5CC6CCC(C5)N6C[C@@H](C)O)C4c4cn(C)nc43)c12. The maximum atomic E-state index is 17.7. The summed E-state index contributed by atoms with van der Waals surface area (Å²) in [6, 6.07) is 4.92. The van der Waals surface area contributed by atoms with Gasteiger partial charge in [-0.3, -0.25) is 14.5 Å². The second-order valence-electron chi connectivity index (χ2n) is 15.5. The fourth-order valence-corrected chi connectivity index (χ4v) is 10.0. The summed E-state index contributed by atoms with van der Waals surface area (Å²) in [5, 5.41) is 26.6. The van der Waals surface area contributed by atoms with Gasteiger partial charge in [0, 0.05) is 74.5 Å². The third kappa shape index (κ3) is 5.24. The van der Waals surface area contributed by atoms with Gasteiger partial charge in [0.05, 0.1) is 28.8 Å². The number of benzene rings is 2. The Morgan fingerprint density at radius 2 is 1.94 bits per heavy atom. The summed E-state index contributed by atoms with van der Waals surface area (Å²) in [5.74, 6) is 1.02. The molecule has 4 saturated heterocycles. The Hall–Kier alpha value is -4.38. The second-order valence-corrected chi connectivity index (χ2v) is 15.5. The number of hydrogen-bond acceptors (Lipinski definition) is 9. The van der Waals surface area contributed by atoms with Crippen molar-refractivity contribution in [3.05, 3.63) is 64.5 Å². The van der Waals surface area contributed by atoms with Gasteiger partial charge in [0.1, 0.15) is 42.0 Å². The van der Waals surface area contributed by atoms with Gasteiger partial charge in [-0.2, -0.15) is 10.1 Å². The Labute approximate surface area is 300 Å². The summed E-state index contributed by atoms with van der Waals surface area (Å²) in [5.41, 5.74) is 0.811. The highest BCUT2D eigenvalue weighted by molar-refractivity contribution is 6.07. The fraction of sp³-hybridized carbons (Fsp3) is 0.513. The number of alkyl halides is 1. The number of likely N-dealkylation sites (tertiary alicyclic amines) is 1. The van der Waals surface area contributed by atoms with Crippen molar-refractivity contribution in [3.8, 4) is 18.1 Å². The number of piperazine rings is 1. The molecule has 10 nitrogen and oxygen atoms in total. The van der Waals surface area contributed by atoms with E-state index in [0.29, 0.717) is 60.5 Å². The van der Waals surface area contributed by atoms with Crippen molar-refractivity contribution in [2.24, 2.45) is 17.0 Å². The van der Waals surface area contributed by atoms with E-state index in [4.69, 9.17) is 26.2 Å². The molecule has 0 radical (unpaired) electrons. The quantitative estimate of drug-likeness (QED) is 0.376. The van der Waals surface area contributed by atoms with Gasteiger partial charge in [0.2, 0.25) is 0 Å². The molecule has 1 aliphatic carbocycles. The predicted octanol–water partition coefficient (Wildman–Crippen LogP) is 4.48. The van der Waals surface area contributed by atoms with Gasteiger partial charge in [-0.15, -0.1) is 6.42 Å². The number of nitrogens with zero attached hydrogens (tertiary/aromatic N) is 7. The van der Waals surface area contributed by atoms with Crippen LogP contribution in [-0.2, 0) is 11.8 Å². The Morgan fingerprint density at radius 1 is 1.15 bits per heavy atom. The first-order chi connectivity index (χ1) is 25.0. The van der Waals surface area contributed by atoms with Crippen molar-refractivity contribution >= 4 is 28.2 Å². The number of amidine groups is 2. The molecule has 7 atom stereocenters. The maximum absolute atomic E-state index is 17.7. The second kappa shape index (κ2) is 12.4. The van der Waals surface area contributed by atoms with E-state index in [9.17, 15) is 14.6 Å². The molecule has 9 rings (SSSR count). The minimum Gasteiger partial charge on any atom is -0.508 e. The minimum absolute atomic E-state index is 0.0384. The monoisotopic (exact) mass is 713 g/mol. The zero-order valence-electron chi connectivity index (χ0n) is 29.3. The van der Waals surface area contributed by atoms with Crippen molar-refractivity contribution in [1.82, 2.24) is 24.5 Å². The zero-order valence-corrected chi connectivity index (χ0v) is 29.3. The normalized spacial score (nSPS) is 30.6. The molecular formula is C39H42F3N7O3. The zero-order chi connectivity index (χ0) is 36.1. The lowest BCUT2D eigenvalue weighted by atomic mass is 9.78. The largest absolute Gasteiger partial charge is 0.508 e.